The van der Waals surface area contributed by atoms with Gasteiger partial charge in [-0.05, 0) is 42.8 Å². The van der Waals surface area contributed by atoms with Gasteiger partial charge in [-0.3, -0.25) is 0 Å². The van der Waals surface area contributed by atoms with Gasteiger partial charge in [0.2, 0.25) is 10.0 Å². The smallest absolute Gasteiger partial charge is 0.387 e. The first kappa shape index (κ1) is 26.8. The molecule has 0 heterocycles. The fraction of sp³-hybridized carbons (Fsp3) is 0.316. The third-order valence-electron chi connectivity index (χ3n) is 3.92. The number of nitrogens with zero attached hydrogens (tertiary/aromatic N) is 1. The molecule has 0 fully saturated rings. The highest BCUT2D eigenvalue weighted by Gasteiger charge is 2.12. The molecule has 172 valence electrons. The van der Waals surface area contributed by atoms with E-state index in [-0.39, 0.29) is 47.7 Å². The minimum Gasteiger partial charge on any atom is -0.497 e. The Hall–Kier alpha value is -2.19. The minimum atomic E-state index is -3.81. The molecule has 0 unspecified atom stereocenters. The van der Waals surface area contributed by atoms with E-state index < -0.39 is 16.6 Å². The maximum atomic E-state index is 12.7. The second kappa shape index (κ2) is 12.6. The number of sulfonamides is 1. The monoisotopic (exact) mass is 570 g/mol. The average Bonchev–Trinajstić information content (AvgIpc) is 2.70. The Morgan fingerprint density at radius 2 is 1.94 bits per heavy atom. The normalized spacial score (nSPS) is 11.6. The lowest BCUT2D eigenvalue weighted by atomic mass is 10.2. The molecule has 0 amide bonds. The molecule has 4 N–H and O–H groups in total. The van der Waals surface area contributed by atoms with Crippen LogP contribution in [-0.4, -0.2) is 34.6 Å². The standard InChI is InChI=1S/C19H24F2N4O4S.HI/c1-3-23-19(24-11-13-5-4-6-16(9-13)30(22,26)27)25-12-14-10-15(28-2)7-8-17(14)29-18(20)21;/h4-10,18H,3,11-12H2,1-2H3,(H2,22,26,27)(H2,23,24,25);1H. The molecule has 0 aromatic heterocycles. The number of halogens is 3. The molecule has 0 spiro atoms. The molecule has 8 nitrogen and oxygen atoms in total. The number of methoxy groups -OCH3 is 1. The number of aliphatic imine (C=N–C) groups is 1. The van der Waals surface area contributed by atoms with Crippen LogP contribution in [0.5, 0.6) is 11.5 Å². The van der Waals surface area contributed by atoms with E-state index in [2.05, 4.69) is 20.4 Å². The summed E-state index contributed by atoms with van der Waals surface area (Å²) in [5, 5.41) is 11.2. The lowest BCUT2D eigenvalue weighted by molar-refractivity contribution is -0.0505. The van der Waals surface area contributed by atoms with Gasteiger partial charge >= 0.3 is 6.61 Å². The van der Waals surface area contributed by atoms with E-state index in [0.29, 0.717) is 29.4 Å². The first-order chi connectivity index (χ1) is 14.2. The van der Waals surface area contributed by atoms with E-state index in [9.17, 15) is 17.2 Å². The Morgan fingerprint density at radius 3 is 2.55 bits per heavy atom. The largest absolute Gasteiger partial charge is 0.497 e. The van der Waals surface area contributed by atoms with E-state index in [4.69, 9.17) is 9.88 Å². The SMILES string of the molecule is CCNC(=NCc1cccc(S(N)(=O)=O)c1)NCc1cc(OC)ccc1OC(F)F.I. The summed E-state index contributed by atoms with van der Waals surface area (Å²) in [4.78, 5) is 4.39. The summed E-state index contributed by atoms with van der Waals surface area (Å²) in [7, 11) is -2.33. The molecule has 2 aromatic rings. The van der Waals surface area contributed by atoms with Crippen molar-refractivity contribution in [2.45, 2.75) is 31.5 Å². The van der Waals surface area contributed by atoms with Crippen LogP contribution in [0.15, 0.2) is 52.4 Å². The lowest BCUT2D eigenvalue weighted by Gasteiger charge is -2.15. The highest BCUT2D eigenvalue weighted by Crippen LogP contribution is 2.25. The molecule has 2 aromatic carbocycles. The van der Waals surface area contributed by atoms with Crippen LogP contribution in [0.4, 0.5) is 8.78 Å². The number of rotatable bonds is 9. The first-order valence-electron chi connectivity index (χ1n) is 8.98. The Kier molecular flexibility index (Phi) is 10.9. The molecule has 12 heteroatoms. The van der Waals surface area contributed by atoms with Crippen molar-refractivity contribution in [2.75, 3.05) is 13.7 Å². The number of nitrogens with one attached hydrogen (secondary N) is 2. The van der Waals surface area contributed by atoms with Gasteiger partial charge in [0.15, 0.2) is 5.96 Å². The third-order valence-corrected chi connectivity index (χ3v) is 4.83. The van der Waals surface area contributed by atoms with E-state index in [1.807, 2.05) is 6.92 Å². The third kappa shape index (κ3) is 8.83. The Bertz CT molecular complexity index is 991. The van der Waals surface area contributed by atoms with Crippen molar-refractivity contribution in [1.29, 1.82) is 0 Å². The molecular weight excluding hydrogens is 545 g/mol. The van der Waals surface area contributed by atoms with Gasteiger partial charge in [-0.2, -0.15) is 8.78 Å². The molecule has 0 aliphatic rings. The van der Waals surface area contributed by atoms with Crippen LogP contribution in [0.3, 0.4) is 0 Å². The van der Waals surface area contributed by atoms with Gasteiger partial charge in [-0.15, -0.1) is 24.0 Å². The Labute approximate surface area is 197 Å². The van der Waals surface area contributed by atoms with Crippen LogP contribution in [-0.2, 0) is 23.1 Å². The lowest BCUT2D eigenvalue weighted by Crippen LogP contribution is -2.36. The fourth-order valence-corrected chi connectivity index (χ4v) is 3.13. The maximum absolute atomic E-state index is 12.7. The van der Waals surface area contributed by atoms with Gasteiger partial charge in [0.05, 0.1) is 18.6 Å². The van der Waals surface area contributed by atoms with E-state index >= 15 is 0 Å². The van der Waals surface area contributed by atoms with Crippen LogP contribution in [0.25, 0.3) is 0 Å². The quantitative estimate of drug-likeness (QED) is 0.243. The molecular formula is C19H25F2IN4O4S. The second-order valence-corrected chi connectivity index (χ2v) is 7.65. The summed E-state index contributed by atoms with van der Waals surface area (Å²) in [6, 6.07) is 10.7. The highest BCUT2D eigenvalue weighted by atomic mass is 127. The molecule has 2 rings (SSSR count). The number of hydrogen-bond acceptors (Lipinski definition) is 5. The number of primary sulfonamides is 1. The maximum Gasteiger partial charge on any atom is 0.387 e. The summed E-state index contributed by atoms with van der Waals surface area (Å²) in [5.74, 6) is 0.925. The zero-order chi connectivity index (χ0) is 22.1. The molecule has 0 saturated heterocycles. The zero-order valence-corrected chi connectivity index (χ0v) is 20.1. The molecule has 0 atom stereocenters. The van der Waals surface area contributed by atoms with Crippen molar-refractivity contribution in [3.8, 4) is 11.5 Å². The predicted octanol–water partition coefficient (Wildman–Crippen LogP) is 2.82. The Balaban J connectivity index is 0.00000480. The number of nitrogens with two attached hydrogens (primary N) is 1. The molecule has 0 aliphatic heterocycles. The van der Waals surface area contributed by atoms with Crippen LogP contribution in [0.2, 0.25) is 0 Å². The summed E-state index contributed by atoms with van der Waals surface area (Å²) >= 11 is 0. The van der Waals surface area contributed by atoms with E-state index in [1.54, 1.807) is 18.2 Å². The highest BCUT2D eigenvalue weighted by molar-refractivity contribution is 14.0. The van der Waals surface area contributed by atoms with Crippen molar-refractivity contribution < 1.29 is 26.7 Å². The van der Waals surface area contributed by atoms with Crippen LogP contribution in [0, 0.1) is 0 Å². The van der Waals surface area contributed by atoms with Gasteiger partial charge < -0.3 is 20.1 Å². The summed E-state index contributed by atoms with van der Waals surface area (Å²) in [6.07, 6.45) is 0. The number of ether oxygens (including phenoxy) is 2. The predicted molar refractivity (Wildman–Crippen MR) is 125 cm³/mol. The molecule has 31 heavy (non-hydrogen) atoms. The minimum absolute atomic E-state index is 0. The summed E-state index contributed by atoms with van der Waals surface area (Å²) < 4.78 is 58.0. The van der Waals surface area contributed by atoms with Crippen molar-refractivity contribution in [3.63, 3.8) is 0 Å². The van der Waals surface area contributed by atoms with Crippen LogP contribution in [0.1, 0.15) is 18.1 Å². The van der Waals surface area contributed by atoms with Crippen LogP contribution >= 0.6 is 24.0 Å². The molecule has 0 saturated carbocycles. The summed E-state index contributed by atoms with van der Waals surface area (Å²) in [6.45, 7) is -0.207. The van der Waals surface area contributed by atoms with Crippen LogP contribution < -0.4 is 25.2 Å². The van der Waals surface area contributed by atoms with Gasteiger partial charge in [-0.25, -0.2) is 18.5 Å². The topological polar surface area (TPSA) is 115 Å². The molecule has 0 radical (unpaired) electrons. The van der Waals surface area contributed by atoms with E-state index in [1.165, 1.54) is 31.4 Å². The number of alkyl halides is 2. The van der Waals surface area contributed by atoms with Crippen molar-refractivity contribution in [3.05, 3.63) is 53.6 Å². The van der Waals surface area contributed by atoms with Crippen molar-refractivity contribution in [2.24, 2.45) is 10.1 Å². The first-order valence-corrected chi connectivity index (χ1v) is 10.5. The van der Waals surface area contributed by atoms with Gasteiger partial charge in [0.25, 0.3) is 0 Å². The van der Waals surface area contributed by atoms with E-state index in [0.717, 1.165) is 0 Å². The van der Waals surface area contributed by atoms with Gasteiger partial charge in [0.1, 0.15) is 11.5 Å². The van der Waals surface area contributed by atoms with Crippen molar-refractivity contribution >= 4 is 40.0 Å². The zero-order valence-electron chi connectivity index (χ0n) is 17.0. The van der Waals surface area contributed by atoms with Crippen molar-refractivity contribution in [1.82, 2.24) is 10.6 Å². The number of hydrogen-bond donors (Lipinski definition) is 3. The van der Waals surface area contributed by atoms with Gasteiger partial charge in [-0.1, -0.05) is 12.1 Å². The fourth-order valence-electron chi connectivity index (χ4n) is 2.54. The molecule has 0 bridgehead atoms. The molecule has 0 aliphatic carbocycles. The van der Waals surface area contributed by atoms with Gasteiger partial charge in [0, 0.05) is 18.7 Å². The number of benzene rings is 2. The summed E-state index contributed by atoms with van der Waals surface area (Å²) in [5.41, 5.74) is 1.10. The average molecular weight is 570 g/mol. The second-order valence-electron chi connectivity index (χ2n) is 6.09. The Morgan fingerprint density at radius 1 is 1.19 bits per heavy atom. The number of guanidine groups is 1.